The van der Waals surface area contributed by atoms with Gasteiger partial charge in [0.15, 0.2) is 4.87 Å². The van der Waals surface area contributed by atoms with Gasteiger partial charge in [0, 0.05) is 6.42 Å². The topological polar surface area (TPSA) is 57.5 Å². The second kappa shape index (κ2) is 2.58. The summed E-state index contributed by atoms with van der Waals surface area (Å²) in [5, 5.41) is 18.0. The summed E-state index contributed by atoms with van der Waals surface area (Å²) in [7, 11) is 0. The molecule has 1 unspecified atom stereocenters. The highest BCUT2D eigenvalue weighted by Gasteiger charge is 2.34. The van der Waals surface area contributed by atoms with E-state index < -0.39 is 4.87 Å². The van der Waals surface area contributed by atoms with E-state index in [-0.39, 0.29) is 17.9 Å². The molecule has 60 valence electrons. The SMILES string of the molecule is O=CC1(Cl)CC(O)=CC=C1O. The van der Waals surface area contributed by atoms with Crippen LogP contribution in [0.5, 0.6) is 0 Å². The second-order valence-electron chi connectivity index (χ2n) is 2.37. The average molecular weight is 175 g/mol. The van der Waals surface area contributed by atoms with Gasteiger partial charge < -0.3 is 15.0 Å². The first-order chi connectivity index (χ1) is 5.08. The van der Waals surface area contributed by atoms with Gasteiger partial charge in [-0.25, -0.2) is 0 Å². The Morgan fingerprint density at radius 3 is 2.64 bits per heavy atom. The fourth-order valence-electron chi connectivity index (χ4n) is 0.829. The van der Waals surface area contributed by atoms with Crippen molar-refractivity contribution < 1.29 is 15.0 Å². The quantitative estimate of drug-likeness (QED) is 0.467. The van der Waals surface area contributed by atoms with E-state index in [1.807, 2.05) is 0 Å². The lowest BCUT2D eigenvalue weighted by atomic mass is 9.98. The molecule has 0 fully saturated rings. The van der Waals surface area contributed by atoms with Gasteiger partial charge in [0.05, 0.1) is 5.76 Å². The molecule has 0 radical (unpaired) electrons. The predicted molar refractivity (Wildman–Crippen MR) is 40.7 cm³/mol. The van der Waals surface area contributed by atoms with E-state index >= 15 is 0 Å². The third-order valence-corrected chi connectivity index (χ3v) is 1.90. The number of halogens is 1. The van der Waals surface area contributed by atoms with Crippen molar-refractivity contribution in [3.63, 3.8) is 0 Å². The van der Waals surface area contributed by atoms with Gasteiger partial charge in [-0.3, -0.25) is 0 Å². The minimum atomic E-state index is -1.46. The van der Waals surface area contributed by atoms with Crippen LogP contribution in [0.15, 0.2) is 23.7 Å². The molecule has 3 nitrogen and oxygen atoms in total. The Morgan fingerprint density at radius 1 is 1.55 bits per heavy atom. The highest BCUT2D eigenvalue weighted by molar-refractivity contribution is 6.33. The summed E-state index contributed by atoms with van der Waals surface area (Å²) >= 11 is 5.62. The molecule has 0 heterocycles. The number of aldehydes is 1. The third kappa shape index (κ3) is 1.38. The fourth-order valence-corrected chi connectivity index (χ4v) is 1.03. The number of carbonyl (C=O) groups is 1. The first-order valence-electron chi connectivity index (χ1n) is 3.03. The number of aliphatic hydroxyl groups is 2. The predicted octanol–water partition coefficient (Wildman–Crippen LogP) is 1.45. The maximum atomic E-state index is 10.4. The highest BCUT2D eigenvalue weighted by atomic mass is 35.5. The number of carbonyl (C=O) groups excluding carboxylic acids is 1. The number of hydrogen-bond donors (Lipinski definition) is 2. The number of allylic oxidation sites excluding steroid dienone is 4. The Balaban J connectivity index is 2.98. The van der Waals surface area contributed by atoms with E-state index in [0.717, 1.165) is 0 Å². The van der Waals surface area contributed by atoms with Crippen molar-refractivity contribution in [1.29, 1.82) is 0 Å². The highest BCUT2D eigenvalue weighted by Crippen LogP contribution is 2.31. The summed E-state index contributed by atoms with van der Waals surface area (Å²) in [6, 6.07) is 0. The van der Waals surface area contributed by atoms with Crippen molar-refractivity contribution in [1.82, 2.24) is 0 Å². The van der Waals surface area contributed by atoms with Crippen molar-refractivity contribution >= 4 is 17.9 Å². The van der Waals surface area contributed by atoms with Crippen LogP contribution in [-0.2, 0) is 4.79 Å². The molecule has 11 heavy (non-hydrogen) atoms. The van der Waals surface area contributed by atoms with Gasteiger partial charge in [-0.05, 0) is 12.2 Å². The van der Waals surface area contributed by atoms with Gasteiger partial charge in [-0.2, -0.15) is 0 Å². The summed E-state index contributed by atoms with van der Waals surface area (Å²) in [6.07, 6.45) is 2.86. The number of aliphatic hydroxyl groups excluding tert-OH is 2. The van der Waals surface area contributed by atoms with E-state index in [1.54, 1.807) is 0 Å². The molecule has 0 aromatic rings. The van der Waals surface area contributed by atoms with Gasteiger partial charge in [0.1, 0.15) is 12.0 Å². The molecule has 1 aliphatic rings. The number of rotatable bonds is 1. The van der Waals surface area contributed by atoms with Crippen molar-refractivity contribution in [2.75, 3.05) is 0 Å². The zero-order valence-electron chi connectivity index (χ0n) is 5.62. The lowest BCUT2D eigenvalue weighted by molar-refractivity contribution is -0.110. The lowest BCUT2D eigenvalue weighted by Crippen LogP contribution is -2.28. The van der Waals surface area contributed by atoms with Crippen molar-refractivity contribution in [3.8, 4) is 0 Å². The zero-order chi connectivity index (χ0) is 8.48. The van der Waals surface area contributed by atoms with Crippen molar-refractivity contribution in [3.05, 3.63) is 23.7 Å². The molecule has 1 atom stereocenters. The van der Waals surface area contributed by atoms with Crippen LogP contribution in [0.3, 0.4) is 0 Å². The number of alkyl halides is 1. The molecule has 1 rings (SSSR count). The van der Waals surface area contributed by atoms with Crippen LogP contribution in [0.2, 0.25) is 0 Å². The normalized spacial score (nSPS) is 30.6. The molecule has 2 N–H and O–H groups in total. The van der Waals surface area contributed by atoms with Gasteiger partial charge in [-0.15, -0.1) is 11.6 Å². The first-order valence-corrected chi connectivity index (χ1v) is 3.41. The Labute approximate surface area is 68.6 Å². The lowest BCUT2D eigenvalue weighted by Gasteiger charge is -2.21. The van der Waals surface area contributed by atoms with Crippen LogP contribution in [0.4, 0.5) is 0 Å². The molecule has 0 amide bonds. The van der Waals surface area contributed by atoms with Crippen LogP contribution in [0.25, 0.3) is 0 Å². The van der Waals surface area contributed by atoms with Crippen LogP contribution < -0.4 is 0 Å². The third-order valence-electron chi connectivity index (χ3n) is 1.48. The van der Waals surface area contributed by atoms with Gasteiger partial charge >= 0.3 is 0 Å². The maximum Gasteiger partial charge on any atom is 0.163 e. The summed E-state index contributed by atoms with van der Waals surface area (Å²) in [5.41, 5.74) is 0. The molecular formula is C7H7ClO3. The Morgan fingerprint density at radius 2 is 2.18 bits per heavy atom. The minimum absolute atomic E-state index is 0.00935. The molecule has 0 aromatic heterocycles. The monoisotopic (exact) mass is 174 g/mol. The average Bonchev–Trinajstić information content (AvgIpc) is 1.98. The zero-order valence-corrected chi connectivity index (χ0v) is 6.38. The van der Waals surface area contributed by atoms with Crippen LogP contribution in [0.1, 0.15) is 6.42 Å². The molecular weight excluding hydrogens is 168 g/mol. The van der Waals surface area contributed by atoms with E-state index in [4.69, 9.17) is 21.8 Å². The largest absolute Gasteiger partial charge is 0.512 e. The first kappa shape index (κ1) is 8.14. The summed E-state index contributed by atoms with van der Waals surface area (Å²) < 4.78 is 0. The maximum absolute atomic E-state index is 10.4. The van der Waals surface area contributed by atoms with Gasteiger partial charge in [-0.1, -0.05) is 0 Å². The fraction of sp³-hybridized carbons (Fsp3) is 0.286. The Bertz CT molecular complexity index is 244. The summed E-state index contributed by atoms with van der Waals surface area (Å²) in [4.78, 5) is 8.91. The van der Waals surface area contributed by atoms with E-state index in [2.05, 4.69) is 0 Å². The smallest absolute Gasteiger partial charge is 0.163 e. The van der Waals surface area contributed by atoms with E-state index in [0.29, 0.717) is 6.29 Å². The summed E-state index contributed by atoms with van der Waals surface area (Å²) in [5.74, 6) is -0.239. The van der Waals surface area contributed by atoms with Gasteiger partial charge in [0.25, 0.3) is 0 Å². The standard InChI is InChI=1S/C7H7ClO3/c8-7(4-9)3-5(10)1-2-6(7)11/h1-2,4,10-11H,3H2. The molecule has 0 saturated heterocycles. The molecule has 0 bridgehead atoms. The van der Waals surface area contributed by atoms with E-state index in [9.17, 15) is 4.79 Å². The minimum Gasteiger partial charge on any atom is -0.512 e. The summed E-state index contributed by atoms with van der Waals surface area (Å²) in [6.45, 7) is 0. The number of hydrogen-bond acceptors (Lipinski definition) is 3. The Hall–Kier alpha value is -0.960. The van der Waals surface area contributed by atoms with Crippen LogP contribution >= 0.6 is 11.6 Å². The molecule has 0 spiro atoms. The Kier molecular flexibility index (Phi) is 1.91. The van der Waals surface area contributed by atoms with Crippen LogP contribution in [0, 0.1) is 0 Å². The molecule has 0 saturated carbocycles. The second-order valence-corrected chi connectivity index (χ2v) is 3.04. The van der Waals surface area contributed by atoms with Gasteiger partial charge in [0.2, 0.25) is 0 Å². The van der Waals surface area contributed by atoms with E-state index in [1.165, 1.54) is 12.2 Å². The van der Waals surface area contributed by atoms with Crippen molar-refractivity contribution in [2.24, 2.45) is 0 Å². The molecule has 0 aromatic carbocycles. The molecule has 0 aliphatic heterocycles. The van der Waals surface area contributed by atoms with Crippen molar-refractivity contribution in [2.45, 2.75) is 11.3 Å². The molecule has 1 aliphatic carbocycles. The van der Waals surface area contributed by atoms with Crippen LogP contribution in [-0.4, -0.2) is 21.4 Å². The molecule has 4 heteroatoms.